The molecule has 0 saturated heterocycles. The fourth-order valence-electron chi connectivity index (χ4n) is 1.88. The van der Waals surface area contributed by atoms with Gasteiger partial charge >= 0.3 is 0 Å². The number of ketones is 1. The van der Waals surface area contributed by atoms with Crippen LogP contribution in [-0.2, 0) is 6.54 Å². The lowest BCUT2D eigenvalue weighted by Crippen LogP contribution is -2.00. The van der Waals surface area contributed by atoms with E-state index in [0.29, 0.717) is 17.1 Å². The van der Waals surface area contributed by atoms with Gasteiger partial charge in [0.1, 0.15) is 0 Å². The zero-order chi connectivity index (χ0) is 11.7. The van der Waals surface area contributed by atoms with Crippen LogP contribution in [0, 0.1) is 0 Å². The molecule has 0 bridgehead atoms. The van der Waals surface area contributed by atoms with E-state index in [1.807, 2.05) is 16.7 Å². The number of benzene rings is 1. The molecule has 0 amide bonds. The lowest BCUT2D eigenvalue weighted by atomic mass is 10.1. The number of Topliss-reactive ketones (excluding diaryl/α,β-unsaturated/α-hetero) is 1. The summed E-state index contributed by atoms with van der Waals surface area (Å²) in [5, 5.41) is 10.4. The maximum atomic E-state index is 11.5. The molecule has 16 heavy (non-hydrogen) atoms. The lowest BCUT2D eigenvalue weighted by Gasteiger charge is -2.03. The van der Waals surface area contributed by atoms with Crippen LogP contribution < -0.4 is 0 Å². The molecule has 84 valence electrons. The number of aliphatic hydroxyl groups is 1. The van der Waals surface area contributed by atoms with Gasteiger partial charge in [0.2, 0.25) is 0 Å². The molecule has 1 N–H and O–H groups in total. The summed E-state index contributed by atoms with van der Waals surface area (Å²) < 4.78 is 1.81. The van der Waals surface area contributed by atoms with E-state index in [2.05, 4.69) is 0 Å². The number of carbonyl (C=O) groups excluding carboxylic acids is 1. The Hall–Kier alpha value is -1.32. The van der Waals surface area contributed by atoms with Crippen molar-refractivity contribution in [1.29, 1.82) is 0 Å². The van der Waals surface area contributed by atoms with Crippen molar-refractivity contribution in [3.63, 3.8) is 0 Å². The molecule has 1 aromatic carbocycles. The third-order valence-corrected chi connectivity index (χ3v) is 2.87. The van der Waals surface area contributed by atoms with Gasteiger partial charge in [-0.05, 0) is 13.0 Å². The van der Waals surface area contributed by atoms with E-state index in [4.69, 9.17) is 16.7 Å². The second-order valence-electron chi connectivity index (χ2n) is 3.65. The Morgan fingerprint density at radius 3 is 2.88 bits per heavy atom. The fourth-order valence-corrected chi connectivity index (χ4v) is 2.16. The van der Waals surface area contributed by atoms with Gasteiger partial charge in [0, 0.05) is 23.7 Å². The highest BCUT2D eigenvalue weighted by molar-refractivity contribution is 6.35. The second-order valence-corrected chi connectivity index (χ2v) is 4.06. The molecule has 0 radical (unpaired) electrons. The summed E-state index contributed by atoms with van der Waals surface area (Å²) in [5.74, 6) is 0.00366. The van der Waals surface area contributed by atoms with Crippen molar-refractivity contribution < 1.29 is 9.90 Å². The van der Waals surface area contributed by atoms with Crippen LogP contribution >= 0.6 is 11.6 Å². The van der Waals surface area contributed by atoms with Crippen LogP contribution in [0.2, 0.25) is 5.02 Å². The molecule has 1 aromatic heterocycles. The highest BCUT2D eigenvalue weighted by Crippen LogP contribution is 2.28. The minimum absolute atomic E-state index is 0.00366. The molecule has 0 saturated carbocycles. The Morgan fingerprint density at radius 2 is 2.25 bits per heavy atom. The number of fused-ring (bicyclic) bond motifs is 1. The Kier molecular flexibility index (Phi) is 2.99. The van der Waals surface area contributed by atoms with Crippen molar-refractivity contribution in [2.24, 2.45) is 0 Å². The second kappa shape index (κ2) is 4.28. The number of carbonyl (C=O) groups is 1. The van der Waals surface area contributed by atoms with Crippen molar-refractivity contribution in [1.82, 2.24) is 4.57 Å². The van der Waals surface area contributed by atoms with Gasteiger partial charge in [-0.25, -0.2) is 0 Å². The summed E-state index contributed by atoms with van der Waals surface area (Å²) in [7, 11) is 0. The molecule has 1 heterocycles. The molecular weight excluding hydrogens is 226 g/mol. The predicted molar refractivity (Wildman–Crippen MR) is 64.0 cm³/mol. The van der Waals surface area contributed by atoms with Gasteiger partial charge in [0.05, 0.1) is 17.1 Å². The smallest absolute Gasteiger partial charge is 0.161 e. The minimum atomic E-state index is 0.00366. The fraction of sp³-hybridized carbons (Fsp3) is 0.250. The first-order valence-electron chi connectivity index (χ1n) is 5.04. The van der Waals surface area contributed by atoms with Crippen molar-refractivity contribution in [2.45, 2.75) is 13.5 Å². The quantitative estimate of drug-likeness (QED) is 0.834. The molecule has 0 spiro atoms. The van der Waals surface area contributed by atoms with E-state index < -0.39 is 0 Å². The molecule has 0 atom stereocenters. The van der Waals surface area contributed by atoms with Crippen molar-refractivity contribution in [3.8, 4) is 0 Å². The summed E-state index contributed by atoms with van der Waals surface area (Å²) in [6.45, 7) is 1.98. The van der Waals surface area contributed by atoms with Crippen LogP contribution in [0.3, 0.4) is 0 Å². The molecular formula is C12H12ClNO2. The molecule has 4 heteroatoms. The first-order valence-corrected chi connectivity index (χ1v) is 5.42. The number of hydrogen-bond donors (Lipinski definition) is 1. The van der Waals surface area contributed by atoms with Crippen LogP contribution in [0.15, 0.2) is 24.4 Å². The van der Waals surface area contributed by atoms with Crippen molar-refractivity contribution >= 4 is 28.3 Å². The van der Waals surface area contributed by atoms with Gasteiger partial charge < -0.3 is 9.67 Å². The number of rotatable bonds is 3. The lowest BCUT2D eigenvalue weighted by molar-refractivity contribution is 0.101. The Balaban J connectivity index is 2.76. The number of aromatic nitrogens is 1. The number of nitrogens with zero attached hydrogens (tertiary/aromatic N) is 1. The third-order valence-electron chi connectivity index (χ3n) is 2.57. The third kappa shape index (κ3) is 1.72. The molecule has 2 aromatic rings. The topological polar surface area (TPSA) is 42.2 Å². The summed E-state index contributed by atoms with van der Waals surface area (Å²) in [6.07, 6.45) is 1.75. The van der Waals surface area contributed by atoms with Gasteiger partial charge in [-0.3, -0.25) is 4.79 Å². The molecule has 3 nitrogen and oxygen atoms in total. The van der Waals surface area contributed by atoms with Crippen molar-refractivity contribution in [3.05, 3.63) is 35.0 Å². The van der Waals surface area contributed by atoms with E-state index >= 15 is 0 Å². The van der Waals surface area contributed by atoms with Gasteiger partial charge in [-0.2, -0.15) is 0 Å². The largest absolute Gasteiger partial charge is 0.395 e. The number of para-hydroxylation sites is 1. The van der Waals surface area contributed by atoms with Gasteiger partial charge in [-0.1, -0.05) is 23.7 Å². The van der Waals surface area contributed by atoms with Crippen molar-refractivity contribution in [2.75, 3.05) is 6.61 Å². The molecule has 0 fully saturated rings. The van der Waals surface area contributed by atoms with Crippen LogP contribution in [0.4, 0.5) is 0 Å². The van der Waals surface area contributed by atoms with E-state index in [9.17, 15) is 4.79 Å². The van der Waals surface area contributed by atoms with Crippen LogP contribution in [-0.4, -0.2) is 22.1 Å². The van der Waals surface area contributed by atoms with Gasteiger partial charge in [0.25, 0.3) is 0 Å². The highest BCUT2D eigenvalue weighted by Gasteiger charge is 2.13. The molecule has 2 rings (SSSR count). The monoisotopic (exact) mass is 237 g/mol. The first kappa shape index (κ1) is 11.2. The Labute approximate surface area is 98.3 Å². The van der Waals surface area contributed by atoms with Crippen LogP contribution in [0.5, 0.6) is 0 Å². The first-order chi connectivity index (χ1) is 7.65. The zero-order valence-electron chi connectivity index (χ0n) is 8.90. The standard InChI is InChI=1S/C12H12ClNO2/c1-8(16)10-7-14(5-6-15)12-9(10)3-2-4-11(12)13/h2-4,7,15H,5-6H2,1H3. The zero-order valence-corrected chi connectivity index (χ0v) is 9.66. The summed E-state index contributed by atoms with van der Waals surface area (Å²) in [5.41, 5.74) is 1.45. The van der Waals surface area contributed by atoms with Crippen LogP contribution in [0.25, 0.3) is 10.9 Å². The molecule has 0 aliphatic rings. The van der Waals surface area contributed by atoms with Gasteiger partial charge in [-0.15, -0.1) is 0 Å². The maximum absolute atomic E-state index is 11.5. The SMILES string of the molecule is CC(=O)c1cn(CCO)c2c(Cl)cccc12. The predicted octanol–water partition coefficient (Wildman–Crippen LogP) is 2.49. The van der Waals surface area contributed by atoms with E-state index in [1.54, 1.807) is 12.3 Å². The van der Waals surface area contributed by atoms with E-state index in [-0.39, 0.29) is 12.4 Å². The average molecular weight is 238 g/mol. The number of halogens is 1. The molecule has 0 aliphatic carbocycles. The molecule has 0 unspecified atom stereocenters. The maximum Gasteiger partial charge on any atom is 0.161 e. The Morgan fingerprint density at radius 1 is 1.50 bits per heavy atom. The minimum Gasteiger partial charge on any atom is -0.395 e. The summed E-state index contributed by atoms with van der Waals surface area (Å²) in [6, 6.07) is 5.47. The number of aliphatic hydroxyl groups excluding tert-OH is 1. The van der Waals surface area contributed by atoms with Gasteiger partial charge in [0.15, 0.2) is 5.78 Å². The normalized spacial score (nSPS) is 10.9. The summed E-state index contributed by atoms with van der Waals surface area (Å²) in [4.78, 5) is 11.5. The molecule has 0 aliphatic heterocycles. The Bertz CT molecular complexity index is 545. The summed E-state index contributed by atoms with van der Waals surface area (Å²) >= 11 is 6.10. The van der Waals surface area contributed by atoms with E-state index in [1.165, 1.54) is 6.92 Å². The highest BCUT2D eigenvalue weighted by atomic mass is 35.5. The number of hydrogen-bond acceptors (Lipinski definition) is 2. The van der Waals surface area contributed by atoms with E-state index in [0.717, 1.165) is 10.9 Å². The van der Waals surface area contributed by atoms with Crippen LogP contribution in [0.1, 0.15) is 17.3 Å². The average Bonchev–Trinajstić information content (AvgIpc) is 2.59.